The summed E-state index contributed by atoms with van der Waals surface area (Å²) in [4.78, 5) is 13.0. The van der Waals surface area contributed by atoms with Gasteiger partial charge in [-0.15, -0.1) is 0 Å². The molecule has 1 aliphatic heterocycles. The van der Waals surface area contributed by atoms with Crippen LogP contribution in [0, 0.1) is 5.82 Å². The molecule has 1 fully saturated rings. The van der Waals surface area contributed by atoms with Crippen molar-refractivity contribution in [2.75, 3.05) is 18.9 Å². The zero-order valence-corrected chi connectivity index (χ0v) is 15.1. The molecule has 0 spiro atoms. The number of nitrogens with two attached hydrogens (primary N) is 1. The van der Waals surface area contributed by atoms with Crippen molar-refractivity contribution in [2.24, 2.45) is 0 Å². The minimum Gasteiger partial charge on any atom is -0.380 e. The van der Waals surface area contributed by atoms with Gasteiger partial charge in [-0.2, -0.15) is 4.98 Å². The summed E-state index contributed by atoms with van der Waals surface area (Å²) in [6.07, 6.45) is 0.681. The molecule has 8 heteroatoms. The molecule has 1 aliphatic rings. The van der Waals surface area contributed by atoms with Gasteiger partial charge < -0.3 is 15.0 Å². The molecule has 3 heterocycles. The van der Waals surface area contributed by atoms with Crippen molar-refractivity contribution in [2.45, 2.75) is 31.6 Å². The second-order valence-corrected chi connectivity index (χ2v) is 7.01. The molecule has 0 unspecified atom stereocenters. The van der Waals surface area contributed by atoms with Gasteiger partial charge in [0.25, 0.3) is 5.89 Å². The molecule has 0 saturated carbocycles. The smallest absolute Gasteiger partial charge is 0.276 e. The Morgan fingerprint density at radius 2 is 1.93 bits per heavy atom. The highest BCUT2D eigenvalue weighted by Gasteiger charge is 2.43. The van der Waals surface area contributed by atoms with Crippen LogP contribution in [-0.4, -0.2) is 33.3 Å². The number of benzene rings is 1. The Balaban J connectivity index is 1.76. The van der Waals surface area contributed by atoms with Gasteiger partial charge in [-0.25, -0.2) is 14.4 Å². The number of anilines is 1. The number of hydrogen-bond acceptors (Lipinski definition) is 7. The molecule has 3 aromatic rings. The second kappa shape index (κ2) is 6.70. The Labute approximate surface area is 155 Å². The van der Waals surface area contributed by atoms with Crippen molar-refractivity contribution in [1.29, 1.82) is 0 Å². The average molecular weight is 369 g/mol. The number of halogens is 1. The first-order valence-corrected chi connectivity index (χ1v) is 8.81. The molecule has 27 heavy (non-hydrogen) atoms. The molecule has 0 radical (unpaired) electrons. The normalized spacial score (nSPS) is 19.7. The maximum Gasteiger partial charge on any atom is 0.276 e. The molecule has 140 valence electrons. The molecule has 2 N–H and O–H groups in total. The second-order valence-electron chi connectivity index (χ2n) is 7.01. The van der Waals surface area contributed by atoms with E-state index in [0.717, 1.165) is 11.3 Å². The highest BCUT2D eigenvalue weighted by Crippen LogP contribution is 2.39. The number of ether oxygens (including phenoxy) is 1. The number of nitrogens with zero attached hydrogens (tertiary/aromatic N) is 4. The van der Waals surface area contributed by atoms with E-state index in [1.165, 1.54) is 12.1 Å². The first-order chi connectivity index (χ1) is 13.0. The Morgan fingerprint density at radius 1 is 1.15 bits per heavy atom. The van der Waals surface area contributed by atoms with E-state index in [-0.39, 0.29) is 23.6 Å². The van der Waals surface area contributed by atoms with Crippen LogP contribution in [0.5, 0.6) is 0 Å². The van der Waals surface area contributed by atoms with Crippen molar-refractivity contribution in [1.82, 2.24) is 20.1 Å². The van der Waals surface area contributed by atoms with Crippen LogP contribution in [0.4, 0.5) is 10.3 Å². The van der Waals surface area contributed by atoms with E-state index in [2.05, 4.69) is 20.1 Å². The standard InChI is InChI=1S/C19H20FN5O2/c1-11(2)14-9-15(23-18(21)22-14)16-24-17(25-27-16)19(7-8-26-10-19)12-3-5-13(20)6-4-12/h3-6,9,11H,7-8,10H2,1-2H3,(H2,21,22,23)/t19-/m0/s1. The minimum atomic E-state index is -0.575. The van der Waals surface area contributed by atoms with Crippen LogP contribution in [0.1, 0.15) is 43.3 Å². The molecule has 2 aromatic heterocycles. The van der Waals surface area contributed by atoms with Crippen molar-refractivity contribution in [3.8, 4) is 11.6 Å². The molecular weight excluding hydrogens is 349 g/mol. The molecule has 0 bridgehead atoms. The molecular formula is C19H20FN5O2. The van der Waals surface area contributed by atoms with Gasteiger partial charge in [-0.1, -0.05) is 31.1 Å². The summed E-state index contributed by atoms with van der Waals surface area (Å²) in [6.45, 7) is 5.01. The lowest BCUT2D eigenvalue weighted by atomic mass is 9.79. The van der Waals surface area contributed by atoms with Crippen molar-refractivity contribution in [3.63, 3.8) is 0 Å². The lowest BCUT2D eigenvalue weighted by Gasteiger charge is -2.23. The first kappa shape index (κ1) is 17.5. The Hall–Kier alpha value is -2.87. The highest BCUT2D eigenvalue weighted by atomic mass is 19.1. The topological polar surface area (TPSA) is 100.0 Å². The highest BCUT2D eigenvalue weighted by molar-refractivity contribution is 5.50. The van der Waals surface area contributed by atoms with Crippen LogP contribution >= 0.6 is 0 Å². The Morgan fingerprint density at radius 3 is 2.59 bits per heavy atom. The minimum absolute atomic E-state index is 0.161. The lowest BCUT2D eigenvalue weighted by Crippen LogP contribution is -2.29. The van der Waals surface area contributed by atoms with E-state index >= 15 is 0 Å². The fraction of sp³-hybridized carbons (Fsp3) is 0.368. The monoisotopic (exact) mass is 369 g/mol. The fourth-order valence-electron chi connectivity index (χ4n) is 3.28. The summed E-state index contributed by atoms with van der Waals surface area (Å²) in [7, 11) is 0. The summed E-state index contributed by atoms with van der Waals surface area (Å²) < 4.78 is 24.5. The van der Waals surface area contributed by atoms with E-state index in [9.17, 15) is 4.39 Å². The molecule has 1 saturated heterocycles. The summed E-state index contributed by atoms with van der Waals surface area (Å²) >= 11 is 0. The number of rotatable bonds is 4. The van der Waals surface area contributed by atoms with E-state index in [1.54, 1.807) is 18.2 Å². The lowest BCUT2D eigenvalue weighted by molar-refractivity contribution is 0.182. The van der Waals surface area contributed by atoms with Crippen LogP contribution in [0.2, 0.25) is 0 Å². The third kappa shape index (κ3) is 3.16. The van der Waals surface area contributed by atoms with Crippen LogP contribution in [-0.2, 0) is 10.2 Å². The Bertz CT molecular complexity index is 949. The quantitative estimate of drug-likeness (QED) is 0.754. The fourth-order valence-corrected chi connectivity index (χ4v) is 3.28. The molecule has 1 aromatic carbocycles. The first-order valence-electron chi connectivity index (χ1n) is 8.81. The van der Waals surface area contributed by atoms with Crippen molar-refractivity contribution >= 4 is 5.95 Å². The van der Waals surface area contributed by atoms with E-state index in [1.807, 2.05) is 13.8 Å². The number of aromatic nitrogens is 4. The molecule has 7 nitrogen and oxygen atoms in total. The molecule has 0 aliphatic carbocycles. The SMILES string of the molecule is CC(C)c1cc(-c2nc([C@@]3(c4ccc(F)cc4)CCOC3)no2)nc(N)n1. The van der Waals surface area contributed by atoms with Crippen LogP contribution < -0.4 is 5.73 Å². The zero-order chi connectivity index (χ0) is 19.0. The van der Waals surface area contributed by atoms with Gasteiger partial charge >= 0.3 is 0 Å². The van der Waals surface area contributed by atoms with Gasteiger partial charge in [0.05, 0.1) is 12.0 Å². The number of nitrogen functional groups attached to an aromatic ring is 1. The summed E-state index contributed by atoms with van der Waals surface area (Å²) in [5, 5.41) is 4.19. The molecule has 0 amide bonds. The Kier molecular flexibility index (Phi) is 4.35. The van der Waals surface area contributed by atoms with E-state index in [0.29, 0.717) is 31.2 Å². The third-order valence-corrected chi connectivity index (χ3v) is 4.85. The maximum atomic E-state index is 13.4. The summed E-state index contributed by atoms with van der Waals surface area (Å²) in [6, 6.07) is 8.13. The van der Waals surface area contributed by atoms with Gasteiger partial charge in [0.15, 0.2) is 5.82 Å². The van der Waals surface area contributed by atoms with Gasteiger partial charge in [0.2, 0.25) is 5.95 Å². The largest absolute Gasteiger partial charge is 0.380 e. The average Bonchev–Trinajstić information content (AvgIpc) is 3.32. The van der Waals surface area contributed by atoms with Crippen molar-refractivity contribution < 1.29 is 13.7 Å². The van der Waals surface area contributed by atoms with E-state index < -0.39 is 5.41 Å². The summed E-state index contributed by atoms with van der Waals surface area (Å²) in [5.74, 6) is 0.817. The van der Waals surface area contributed by atoms with Crippen molar-refractivity contribution in [3.05, 3.63) is 53.2 Å². The predicted octanol–water partition coefficient (Wildman–Crippen LogP) is 3.08. The molecule has 4 rings (SSSR count). The van der Waals surface area contributed by atoms with Crippen LogP contribution in [0.15, 0.2) is 34.9 Å². The van der Waals surface area contributed by atoms with Gasteiger partial charge in [-0.3, -0.25) is 0 Å². The maximum absolute atomic E-state index is 13.4. The van der Waals surface area contributed by atoms with Gasteiger partial charge in [0, 0.05) is 12.3 Å². The van der Waals surface area contributed by atoms with Crippen LogP contribution in [0.3, 0.4) is 0 Å². The van der Waals surface area contributed by atoms with Gasteiger partial charge in [-0.05, 0) is 36.1 Å². The zero-order valence-electron chi connectivity index (χ0n) is 15.1. The van der Waals surface area contributed by atoms with E-state index in [4.69, 9.17) is 15.0 Å². The predicted molar refractivity (Wildman–Crippen MR) is 96.4 cm³/mol. The van der Waals surface area contributed by atoms with Gasteiger partial charge in [0.1, 0.15) is 11.5 Å². The third-order valence-electron chi connectivity index (χ3n) is 4.85. The number of hydrogen-bond donors (Lipinski definition) is 1. The molecule has 1 atom stereocenters. The van der Waals surface area contributed by atoms with Crippen LogP contribution in [0.25, 0.3) is 11.6 Å². The summed E-state index contributed by atoms with van der Waals surface area (Å²) in [5.41, 5.74) is 7.43.